The molecule has 0 aliphatic heterocycles. The minimum Gasteiger partial charge on any atom is -0.330 e. The maximum absolute atomic E-state index is 5.63. The van der Waals surface area contributed by atoms with Crippen molar-refractivity contribution in [3.63, 3.8) is 0 Å². The summed E-state index contributed by atoms with van der Waals surface area (Å²) in [4.78, 5) is 4.32. The topological polar surface area (TPSA) is 38.9 Å². The Morgan fingerprint density at radius 3 is 3.00 bits per heavy atom. The fraction of sp³-hybridized carbons (Fsp3) is 0.250. The van der Waals surface area contributed by atoms with Gasteiger partial charge in [0.1, 0.15) is 0 Å². The van der Waals surface area contributed by atoms with Crippen LogP contribution in [0.5, 0.6) is 0 Å². The number of nitrogens with two attached hydrogens (primary N) is 1. The third-order valence-electron chi connectivity index (χ3n) is 2.55. The standard InChI is InChI=1S/C12H14N2/c1-9(8-13)11-5-4-10-3-2-6-14-12(10)7-11/h2-7,9H,8,13H2,1H3/t9-/m0/s1. The fourth-order valence-corrected chi connectivity index (χ4v) is 1.53. The summed E-state index contributed by atoms with van der Waals surface area (Å²) in [6.07, 6.45) is 1.82. The smallest absolute Gasteiger partial charge is 0.0704 e. The SMILES string of the molecule is C[C@@H](CN)c1ccc2cccnc2c1. The van der Waals surface area contributed by atoms with Gasteiger partial charge in [0.25, 0.3) is 0 Å². The van der Waals surface area contributed by atoms with Gasteiger partial charge >= 0.3 is 0 Å². The van der Waals surface area contributed by atoms with Gasteiger partial charge < -0.3 is 5.73 Å². The van der Waals surface area contributed by atoms with Crippen LogP contribution >= 0.6 is 0 Å². The Labute approximate surface area is 83.8 Å². The van der Waals surface area contributed by atoms with Gasteiger partial charge in [0.2, 0.25) is 0 Å². The van der Waals surface area contributed by atoms with Gasteiger partial charge in [0, 0.05) is 11.6 Å². The fourth-order valence-electron chi connectivity index (χ4n) is 1.53. The molecule has 0 aliphatic rings. The van der Waals surface area contributed by atoms with Gasteiger partial charge in [0.15, 0.2) is 0 Å². The quantitative estimate of drug-likeness (QED) is 0.781. The third kappa shape index (κ3) is 1.61. The number of aromatic nitrogens is 1. The molecule has 1 heterocycles. The van der Waals surface area contributed by atoms with Crippen molar-refractivity contribution in [1.82, 2.24) is 4.98 Å². The predicted molar refractivity (Wildman–Crippen MR) is 59.2 cm³/mol. The lowest BCUT2D eigenvalue weighted by molar-refractivity contribution is 0.775. The molecule has 2 heteroatoms. The van der Waals surface area contributed by atoms with Crippen LogP contribution < -0.4 is 5.73 Å². The highest BCUT2D eigenvalue weighted by Crippen LogP contribution is 2.19. The van der Waals surface area contributed by atoms with Crippen molar-refractivity contribution in [1.29, 1.82) is 0 Å². The first-order chi connectivity index (χ1) is 6.81. The summed E-state index contributed by atoms with van der Waals surface area (Å²) >= 11 is 0. The van der Waals surface area contributed by atoms with Gasteiger partial charge in [-0.05, 0) is 30.2 Å². The van der Waals surface area contributed by atoms with Crippen molar-refractivity contribution < 1.29 is 0 Å². The molecular weight excluding hydrogens is 172 g/mol. The molecule has 0 spiro atoms. The average molecular weight is 186 g/mol. The maximum atomic E-state index is 5.63. The Hall–Kier alpha value is -1.41. The van der Waals surface area contributed by atoms with E-state index in [4.69, 9.17) is 5.73 Å². The highest BCUT2D eigenvalue weighted by molar-refractivity contribution is 5.78. The lowest BCUT2D eigenvalue weighted by Crippen LogP contribution is -2.08. The molecule has 0 aliphatic carbocycles. The molecule has 0 bridgehead atoms. The number of pyridine rings is 1. The molecule has 2 aromatic rings. The van der Waals surface area contributed by atoms with E-state index >= 15 is 0 Å². The van der Waals surface area contributed by atoms with E-state index < -0.39 is 0 Å². The highest BCUT2D eigenvalue weighted by atomic mass is 14.6. The molecule has 2 nitrogen and oxygen atoms in total. The van der Waals surface area contributed by atoms with Crippen LogP contribution in [0.2, 0.25) is 0 Å². The van der Waals surface area contributed by atoms with Crippen molar-refractivity contribution in [2.24, 2.45) is 5.73 Å². The van der Waals surface area contributed by atoms with Crippen molar-refractivity contribution in [2.45, 2.75) is 12.8 Å². The lowest BCUT2D eigenvalue weighted by Gasteiger charge is -2.09. The molecule has 14 heavy (non-hydrogen) atoms. The first-order valence-electron chi connectivity index (χ1n) is 4.86. The second-order valence-electron chi connectivity index (χ2n) is 3.59. The van der Waals surface area contributed by atoms with E-state index in [0.717, 1.165) is 5.52 Å². The average Bonchev–Trinajstić information content (AvgIpc) is 2.27. The summed E-state index contributed by atoms with van der Waals surface area (Å²) in [5.74, 6) is 0.404. The van der Waals surface area contributed by atoms with E-state index in [-0.39, 0.29) is 0 Å². The van der Waals surface area contributed by atoms with E-state index in [1.54, 1.807) is 0 Å². The molecule has 0 saturated heterocycles. The van der Waals surface area contributed by atoms with Gasteiger partial charge in [-0.2, -0.15) is 0 Å². The Kier molecular flexibility index (Phi) is 2.46. The van der Waals surface area contributed by atoms with Crippen LogP contribution in [-0.2, 0) is 0 Å². The van der Waals surface area contributed by atoms with Crippen LogP contribution in [0.4, 0.5) is 0 Å². The number of fused-ring (bicyclic) bond motifs is 1. The van der Waals surface area contributed by atoms with Gasteiger partial charge in [-0.1, -0.05) is 25.1 Å². The number of nitrogens with zero attached hydrogens (tertiary/aromatic N) is 1. The number of hydrogen-bond acceptors (Lipinski definition) is 2. The summed E-state index contributed by atoms with van der Waals surface area (Å²) < 4.78 is 0. The Morgan fingerprint density at radius 1 is 1.36 bits per heavy atom. The van der Waals surface area contributed by atoms with Crippen LogP contribution in [0.15, 0.2) is 36.5 Å². The van der Waals surface area contributed by atoms with Crippen molar-refractivity contribution in [3.8, 4) is 0 Å². The molecular formula is C12H14N2. The van der Waals surface area contributed by atoms with Crippen LogP contribution in [0.1, 0.15) is 18.4 Å². The van der Waals surface area contributed by atoms with Crippen molar-refractivity contribution >= 4 is 10.9 Å². The molecule has 0 fully saturated rings. The van der Waals surface area contributed by atoms with Crippen LogP contribution in [0.25, 0.3) is 10.9 Å². The van der Waals surface area contributed by atoms with Gasteiger partial charge in [-0.25, -0.2) is 0 Å². The molecule has 0 radical (unpaired) electrons. The summed E-state index contributed by atoms with van der Waals surface area (Å²) in [5, 5.41) is 1.18. The lowest BCUT2D eigenvalue weighted by atomic mass is 10.00. The largest absolute Gasteiger partial charge is 0.330 e. The zero-order valence-electron chi connectivity index (χ0n) is 8.27. The van der Waals surface area contributed by atoms with Crippen molar-refractivity contribution in [3.05, 3.63) is 42.1 Å². The third-order valence-corrected chi connectivity index (χ3v) is 2.55. The van der Waals surface area contributed by atoms with Gasteiger partial charge in [0.05, 0.1) is 5.52 Å². The zero-order valence-corrected chi connectivity index (χ0v) is 8.27. The maximum Gasteiger partial charge on any atom is 0.0704 e. The number of benzene rings is 1. The van der Waals surface area contributed by atoms with E-state index in [0.29, 0.717) is 12.5 Å². The van der Waals surface area contributed by atoms with E-state index in [1.807, 2.05) is 12.3 Å². The molecule has 1 atom stereocenters. The summed E-state index contributed by atoms with van der Waals surface area (Å²) in [5.41, 5.74) is 7.94. The molecule has 2 rings (SSSR count). The Morgan fingerprint density at radius 2 is 2.21 bits per heavy atom. The number of rotatable bonds is 2. The Bertz CT molecular complexity index is 437. The van der Waals surface area contributed by atoms with Crippen LogP contribution in [0.3, 0.4) is 0 Å². The first kappa shape index (κ1) is 9.16. The Balaban J connectivity index is 2.51. The summed E-state index contributed by atoms with van der Waals surface area (Å²) in [6, 6.07) is 10.4. The van der Waals surface area contributed by atoms with E-state index in [9.17, 15) is 0 Å². The predicted octanol–water partition coefficient (Wildman–Crippen LogP) is 2.30. The second-order valence-corrected chi connectivity index (χ2v) is 3.59. The molecule has 0 saturated carbocycles. The minimum atomic E-state index is 0.404. The van der Waals surface area contributed by atoms with E-state index in [1.165, 1.54) is 10.9 Å². The minimum absolute atomic E-state index is 0.404. The summed E-state index contributed by atoms with van der Waals surface area (Å²) in [6.45, 7) is 2.81. The van der Waals surface area contributed by atoms with Gasteiger partial charge in [-0.3, -0.25) is 4.98 Å². The first-order valence-corrected chi connectivity index (χ1v) is 4.86. The van der Waals surface area contributed by atoms with Crippen LogP contribution in [-0.4, -0.2) is 11.5 Å². The number of hydrogen-bond donors (Lipinski definition) is 1. The second kappa shape index (κ2) is 3.76. The monoisotopic (exact) mass is 186 g/mol. The molecule has 2 N–H and O–H groups in total. The molecule has 1 aromatic heterocycles. The molecule has 0 unspecified atom stereocenters. The highest BCUT2D eigenvalue weighted by Gasteiger charge is 2.03. The molecule has 0 amide bonds. The normalized spacial score (nSPS) is 13.0. The summed E-state index contributed by atoms with van der Waals surface area (Å²) in [7, 11) is 0. The molecule has 1 aromatic carbocycles. The van der Waals surface area contributed by atoms with Crippen LogP contribution in [0, 0.1) is 0 Å². The molecule has 72 valence electrons. The zero-order chi connectivity index (χ0) is 9.97. The van der Waals surface area contributed by atoms with Gasteiger partial charge in [-0.15, -0.1) is 0 Å². The van der Waals surface area contributed by atoms with E-state index in [2.05, 4.69) is 36.2 Å². The van der Waals surface area contributed by atoms with Crippen molar-refractivity contribution in [2.75, 3.05) is 6.54 Å².